The van der Waals surface area contributed by atoms with Crippen molar-refractivity contribution < 1.29 is 10.5 Å². The molecule has 0 amide bonds. The summed E-state index contributed by atoms with van der Waals surface area (Å²) in [7, 11) is 1.54. The first-order chi connectivity index (χ1) is 18.1. The van der Waals surface area contributed by atoms with E-state index in [2.05, 4.69) is 57.8 Å². The van der Waals surface area contributed by atoms with Crippen LogP contribution in [0.3, 0.4) is 0 Å². The maximum Gasteiger partial charge on any atom is 0.212 e. The molecule has 0 saturated heterocycles. The van der Waals surface area contributed by atoms with E-state index in [-0.39, 0.29) is 11.5 Å². The average molecular weight is 502 g/mol. The maximum atomic E-state index is 13.7. The smallest absolute Gasteiger partial charge is 0.212 e. The van der Waals surface area contributed by atoms with Gasteiger partial charge < -0.3 is 15.4 Å². The molecule has 9 nitrogen and oxygen atoms in total. The molecule has 1 aliphatic carbocycles. The Morgan fingerprint density at radius 1 is 1.27 bits per heavy atom. The van der Waals surface area contributed by atoms with Gasteiger partial charge in [0.25, 0.3) is 0 Å². The monoisotopic (exact) mass is 501 g/mol. The molecule has 1 saturated carbocycles. The van der Waals surface area contributed by atoms with Gasteiger partial charge in [0.2, 0.25) is 5.95 Å². The molecular weight excluding hydrogens is 471 g/mol. The lowest BCUT2D eigenvalue weighted by Gasteiger charge is -2.22. The van der Waals surface area contributed by atoms with Crippen molar-refractivity contribution in [2.45, 2.75) is 45.7 Å². The molecule has 1 aliphatic rings. The van der Waals surface area contributed by atoms with Crippen LogP contribution in [0.15, 0.2) is 42.9 Å². The van der Waals surface area contributed by atoms with Crippen molar-refractivity contribution in [2.75, 3.05) is 24.3 Å². The van der Waals surface area contributed by atoms with E-state index in [0.717, 1.165) is 12.8 Å². The SMILES string of the molecule is [2H][C@](Nc1cc(OC)c2ncc(C#N)c(NCC(C)(C)C)c2c1)(c1ccc(F)nc1)c1cn(C2CC2)nn1. The van der Waals surface area contributed by atoms with Gasteiger partial charge in [-0.25, -0.2) is 9.67 Å². The number of rotatable bonds is 8. The van der Waals surface area contributed by atoms with Crippen molar-refractivity contribution in [2.24, 2.45) is 5.41 Å². The van der Waals surface area contributed by atoms with E-state index < -0.39 is 12.0 Å². The quantitative estimate of drug-likeness (QED) is 0.315. The Labute approximate surface area is 216 Å². The van der Waals surface area contributed by atoms with Gasteiger partial charge in [0.05, 0.1) is 38.0 Å². The predicted octanol–water partition coefficient (Wildman–Crippen LogP) is 5.24. The Morgan fingerprint density at radius 2 is 2.08 bits per heavy atom. The van der Waals surface area contributed by atoms with E-state index in [1.54, 1.807) is 24.1 Å². The highest BCUT2D eigenvalue weighted by atomic mass is 19.1. The number of hydrogen-bond donors (Lipinski definition) is 2. The number of fused-ring (bicyclic) bond motifs is 1. The summed E-state index contributed by atoms with van der Waals surface area (Å²) in [6.07, 6.45) is 6.61. The minimum Gasteiger partial charge on any atom is -0.494 e. The number of nitrogens with one attached hydrogen (secondary N) is 2. The van der Waals surface area contributed by atoms with Crippen LogP contribution in [0, 0.1) is 22.7 Å². The number of nitriles is 1. The molecule has 3 heterocycles. The van der Waals surface area contributed by atoms with E-state index in [9.17, 15) is 11.0 Å². The van der Waals surface area contributed by atoms with Crippen LogP contribution in [0.5, 0.6) is 5.75 Å². The second kappa shape index (κ2) is 9.65. The van der Waals surface area contributed by atoms with Crippen molar-refractivity contribution in [1.29, 1.82) is 5.26 Å². The molecule has 1 atom stereocenters. The zero-order chi connectivity index (χ0) is 27.1. The highest BCUT2D eigenvalue weighted by Gasteiger charge is 2.27. The fraction of sp³-hybridized carbons (Fsp3) is 0.370. The third-order valence-electron chi connectivity index (χ3n) is 6.05. The van der Waals surface area contributed by atoms with Gasteiger partial charge in [0.15, 0.2) is 0 Å². The summed E-state index contributed by atoms with van der Waals surface area (Å²) in [4.78, 5) is 8.25. The van der Waals surface area contributed by atoms with Crippen LogP contribution in [0.4, 0.5) is 15.8 Å². The van der Waals surface area contributed by atoms with Crippen molar-refractivity contribution in [3.8, 4) is 11.8 Å². The Hall–Kier alpha value is -4.26. The van der Waals surface area contributed by atoms with E-state index in [1.165, 1.54) is 24.5 Å². The number of pyridine rings is 2. The molecule has 37 heavy (non-hydrogen) atoms. The topological polar surface area (TPSA) is 114 Å². The highest BCUT2D eigenvalue weighted by molar-refractivity contribution is 5.99. The molecule has 3 aromatic heterocycles. The first kappa shape index (κ1) is 23.2. The Kier molecular flexibility index (Phi) is 6.04. The second-order valence-corrected chi connectivity index (χ2v) is 10.3. The van der Waals surface area contributed by atoms with Crippen LogP contribution < -0.4 is 15.4 Å². The van der Waals surface area contributed by atoms with Crippen LogP contribution in [0.25, 0.3) is 10.9 Å². The number of benzene rings is 1. The summed E-state index contributed by atoms with van der Waals surface area (Å²) in [5.41, 5.74) is 2.81. The maximum absolute atomic E-state index is 13.7. The summed E-state index contributed by atoms with van der Waals surface area (Å²) in [6.45, 7) is 6.92. The Bertz CT molecular complexity index is 1520. The lowest BCUT2D eigenvalue weighted by molar-refractivity contribution is 0.419. The number of aromatic nitrogens is 5. The molecule has 2 N–H and O–H groups in total. The van der Waals surface area contributed by atoms with Crippen LogP contribution in [-0.4, -0.2) is 38.6 Å². The highest BCUT2D eigenvalue weighted by Crippen LogP contribution is 2.38. The van der Waals surface area contributed by atoms with E-state index in [1.807, 2.05) is 6.07 Å². The molecule has 0 aliphatic heterocycles. The molecule has 1 fully saturated rings. The van der Waals surface area contributed by atoms with Gasteiger partial charge in [-0.2, -0.15) is 9.65 Å². The number of ether oxygens (including phenoxy) is 1. The fourth-order valence-electron chi connectivity index (χ4n) is 3.99. The van der Waals surface area contributed by atoms with Crippen molar-refractivity contribution in [1.82, 2.24) is 25.0 Å². The third-order valence-corrected chi connectivity index (χ3v) is 6.05. The third kappa shape index (κ3) is 5.31. The molecule has 0 unspecified atom stereocenters. The Morgan fingerprint density at radius 3 is 2.73 bits per heavy atom. The standard InChI is InChI=1S/C27H29FN8O/c1-27(2,3)15-32-24-17(11-29)13-31-26-20(24)9-18(10-22(26)37-4)33-25(16-5-8-23(28)30-12-16)21-14-36(35-34-21)19-6-7-19/h5,8-10,12-14,19,25,33H,6-7,15H2,1-4H3,(H,31,32)/t25-/m0/s1/i25D. The van der Waals surface area contributed by atoms with E-state index in [0.29, 0.717) is 51.4 Å². The number of halogens is 1. The normalized spacial score (nSPS) is 15.5. The number of hydrogen-bond acceptors (Lipinski definition) is 8. The first-order valence-electron chi connectivity index (χ1n) is 12.6. The minimum atomic E-state index is -1.65. The molecule has 190 valence electrons. The Balaban J connectivity index is 1.64. The summed E-state index contributed by atoms with van der Waals surface area (Å²) in [5.74, 6) is -0.177. The van der Waals surface area contributed by atoms with Gasteiger partial charge in [-0.15, -0.1) is 5.10 Å². The molecule has 0 spiro atoms. The lowest BCUT2D eigenvalue weighted by Crippen LogP contribution is -2.20. The number of methoxy groups -OCH3 is 1. The molecule has 1 aromatic carbocycles. The fourth-order valence-corrected chi connectivity index (χ4v) is 3.99. The largest absolute Gasteiger partial charge is 0.494 e. The second-order valence-electron chi connectivity index (χ2n) is 10.3. The zero-order valence-corrected chi connectivity index (χ0v) is 21.2. The summed E-state index contributed by atoms with van der Waals surface area (Å²) in [6, 6.07) is 7.12. The van der Waals surface area contributed by atoms with E-state index in [4.69, 9.17) is 4.74 Å². The van der Waals surface area contributed by atoms with Crippen molar-refractivity contribution in [3.63, 3.8) is 0 Å². The van der Waals surface area contributed by atoms with Crippen LogP contribution >= 0.6 is 0 Å². The zero-order valence-electron chi connectivity index (χ0n) is 22.2. The molecular formula is C27H29FN8O. The molecule has 5 rings (SSSR count). The van der Waals surface area contributed by atoms with E-state index >= 15 is 0 Å². The van der Waals surface area contributed by atoms with Crippen molar-refractivity contribution in [3.05, 3.63) is 65.6 Å². The van der Waals surface area contributed by atoms with Gasteiger partial charge in [0, 0.05) is 36.1 Å². The molecule has 10 heteroatoms. The average Bonchev–Trinajstić information content (AvgIpc) is 3.62. The van der Waals surface area contributed by atoms with Crippen LogP contribution in [0.1, 0.15) is 63.9 Å². The summed E-state index contributed by atoms with van der Waals surface area (Å²) >= 11 is 0. The molecule has 0 bridgehead atoms. The van der Waals surface area contributed by atoms with Gasteiger partial charge in [0.1, 0.15) is 23.0 Å². The lowest BCUT2D eigenvalue weighted by atomic mass is 9.96. The number of anilines is 2. The summed E-state index contributed by atoms with van der Waals surface area (Å²) in [5, 5.41) is 25.6. The summed E-state index contributed by atoms with van der Waals surface area (Å²) < 4.78 is 30.6. The van der Waals surface area contributed by atoms with Crippen LogP contribution in [-0.2, 0) is 0 Å². The first-order valence-corrected chi connectivity index (χ1v) is 12.1. The van der Waals surface area contributed by atoms with Crippen molar-refractivity contribution >= 4 is 22.3 Å². The minimum absolute atomic E-state index is 0.0401. The molecule has 4 aromatic rings. The van der Waals surface area contributed by atoms with Gasteiger partial charge >= 0.3 is 0 Å². The number of nitrogens with zero attached hydrogens (tertiary/aromatic N) is 6. The predicted molar refractivity (Wildman–Crippen MR) is 139 cm³/mol. The van der Waals surface area contributed by atoms with Gasteiger partial charge in [-0.05, 0) is 36.0 Å². The van der Waals surface area contributed by atoms with Gasteiger partial charge in [-0.1, -0.05) is 32.1 Å². The van der Waals surface area contributed by atoms with Gasteiger partial charge in [-0.3, -0.25) is 4.98 Å². The van der Waals surface area contributed by atoms with Crippen LogP contribution in [0.2, 0.25) is 0 Å². The molecule has 0 radical (unpaired) electrons.